The summed E-state index contributed by atoms with van der Waals surface area (Å²) in [5.41, 5.74) is 4.81. The van der Waals surface area contributed by atoms with Crippen molar-refractivity contribution in [2.24, 2.45) is 5.92 Å². The van der Waals surface area contributed by atoms with Gasteiger partial charge in [-0.15, -0.1) is 0 Å². The van der Waals surface area contributed by atoms with Crippen LogP contribution in [0.25, 0.3) is 11.3 Å². The van der Waals surface area contributed by atoms with E-state index in [1.54, 1.807) is 0 Å². The van der Waals surface area contributed by atoms with E-state index >= 15 is 0 Å². The molecule has 0 unspecified atom stereocenters. The molecule has 1 aromatic carbocycles. The molecule has 1 aromatic heterocycles. The van der Waals surface area contributed by atoms with Crippen LogP contribution in [-0.2, 0) is 6.42 Å². The highest BCUT2D eigenvalue weighted by Gasteiger charge is 2.23. The Balaban J connectivity index is 1.44. The monoisotopic (exact) mass is 406 g/mol. The molecular formula is C28H42N2. The van der Waals surface area contributed by atoms with Gasteiger partial charge in [-0.1, -0.05) is 89.5 Å². The second-order valence-corrected chi connectivity index (χ2v) is 9.42. The van der Waals surface area contributed by atoms with Crippen molar-refractivity contribution in [2.45, 2.75) is 110 Å². The zero-order chi connectivity index (χ0) is 21.0. The predicted molar refractivity (Wildman–Crippen MR) is 129 cm³/mol. The van der Waals surface area contributed by atoms with Gasteiger partial charge in [0.2, 0.25) is 0 Å². The molecule has 0 bridgehead atoms. The van der Waals surface area contributed by atoms with Crippen molar-refractivity contribution in [3.05, 3.63) is 47.7 Å². The molecule has 1 aliphatic carbocycles. The van der Waals surface area contributed by atoms with Crippen LogP contribution in [0.1, 0.15) is 114 Å². The summed E-state index contributed by atoms with van der Waals surface area (Å²) in [5.74, 6) is 1.56. The van der Waals surface area contributed by atoms with Gasteiger partial charge in [-0.05, 0) is 62.1 Å². The van der Waals surface area contributed by atoms with Gasteiger partial charge in [0, 0.05) is 11.5 Å². The molecular weight excluding hydrogens is 364 g/mol. The normalized spacial score (nSPS) is 19.1. The average molecular weight is 407 g/mol. The van der Waals surface area contributed by atoms with Crippen molar-refractivity contribution in [3.63, 3.8) is 0 Å². The maximum absolute atomic E-state index is 4.63. The van der Waals surface area contributed by atoms with Crippen LogP contribution in [-0.4, -0.2) is 10.2 Å². The lowest BCUT2D eigenvalue weighted by Gasteiger charge is -2.28. The SMILES string of the molecule is CCCCCCC[C@H]1CC[C@H](c2ccc(-c3ccc(CCCCC)cc3)nn2)CC1. The molecule has 0 amide bonds. The lowest BCUT2D eigenvalue weighted by molar-refractivity contribution is 0.298. The molecule has 0 radical (unpaired) electrons. The van der Waals surface area contributed by atoms with E-state index in [0.717, 1.165) is 11.6 Å². The fraction of sp³-hybridized carbons (Fsp3) is 0.643. The van der Waals surface area contributed by atoms with E-state index in [1.807, 2.05) is 0 Å². The number of hydrogen-bond acceptors (Lipinski definition) is 2. The highest BCUT2D eigenvalue weighted by atomic mass is 15.1. The Morgan fingerprint density at radius 3 is 2.07 bits per heavy atom. The summed E-state index contributed by atoms with van der Waals surface area (Å²) in [6.07, 6.45) is 18.9. The molecule has 2 aromatic rings. The number of unbranched alkanes of at least 4 members (excludes halogenated alkanes) is 6. The number of aryl methyl sites for hydroxylation is 1. The van der Waals surface area contributed by atoms with Crippen LogP contribution in [0.5, 0.6) is 0 Å². The third-order valence-electron chi connectivity index (χ3n) is 6.98. The molecule has 0 aliphatic heterocycles. The second-order valence-electron chi connectivity index (χ2n) is 9.42. The van der Waals surface area contributed by atoms with Crippen molar-refractivity contribution < 1.29 is 0 Å². The molecule has 30 heavy (non-hydrogen) atoms. The molecule has 1 heterocycles. The lowest BCUT2D eigenvalue weighted by Crippen LogP contribution is -2.14. The zero-order valence-electron chi connectivity index (χ0n) is 19.4. The van der Waals surface area contributed by atoms with E-state index < -0.39 is 0 Å². The molecule has 0 N–H and O–H groups in total. The van der Waals surface area contributed by atoms with Crippen molar-refractivity contribution in [3.8, 4) is 11.3 Å². The van der Waals surface area contributed by atoms with Gasteiger partial charge in [-0.25, -0.2) is 0 Å². The number of benzene rings is 1. The fourth-order valence-corrected chi connectivity index (χ4v) is 4.92. The largest absolute Gasteiger partial charge is 0.155 e. The maximum atomic E-state index is 4.63. The Morgan fingerprint density at radius 1 is 0.700 bits per heavy atom. The van der Waals surface area contributed by atoms with Gasteiger partial charge in [-0.2, -0.15) is 10.2 Å². The number of rotatable bonds is 12. The van der Waals surface area contributed by atoms with Crippen LogP contribution in [0.3, 0.4) is 0 Å². The third kappa shape index (κ3) is 7.22. The lowest BCUT2D eigenvalue weighted by atomic mass is 9.78. The van der Waals surface area contributed by atoms with Gasteiger partial charge in [0.1, 0.15) is 0 Å². The Labute approximate surface area is 184 Å². The molecule has 1 fully saturated rings. The summed E-state index contributed by atoms with van der Waals surface area (Å²) in [5, 5.41) is 9.21. The molecule has 1 saturated carbocycles. The standard InChI is InChI=1S/C28H42N2/c1-3-5-7-8-10-12-24-15-19-26(20-16-24)28-22-21-27(29-30-28)25-17-13-23(14-18-25)11-9-6-4-2/h13-14,17-18,21-22,24,26H,3-12,15-16,19-20H2,1-2H3/t24-,26-. The minimum atomic E-state index is 0.615. The Kier molecular flexibility index (Phi) is 9.86. The van der Waals surface area contributed by atoms with Crippen LogP contribution in [0.4, 0.5) is 0 Å². The molecule has 3 rings (SSSR count). The van der Waals surface area contributed by atoms with Gasteiger partial charge < -0.3 is 0 Å². The zero-order valence-corrected chi connectivity index (χ0v) is 19.4. The van der Waals surface area contributed by atoms with E-state index in [0.29, 0.717) is 5.92 Å². The molecule has 0 atom stereocenters. The first-order valence-corrected chi connectivity index (χ1v) is 12.7. The predicted octanol–water partition coefficient (Wildman–Crippen LogP) is 8.51. The molecule has 164 valence electrons. The van der Waals surface area contributed by atoms with E-state index in [2.05, 4.69) is 60.4 Å². The minimum absolute atomic E-state index is 0.615. The van der Waals surface area contributed by atoms with Crippen molar-refractivity contribution in [1.82, 2.24) is 10.2 Å². The van der Waals surface area contributed by atoms with Gasteiger partial charge >= 0.3 is 0 Å². The Bertz CT molecular complexity index is 696. The van der Waals surface area contributed by atoms with Crippen molar-refractivity contribution in [1.29, 1.82) is 0 Å². The van der Waals surface area contributed by atoms with Gasteiger partial charge in [0.15, 0.2) is 0 Å². The third-order valence-corrected chi connectivity index (χ3v) is 6.98. The highest BCUT2D eigenvalue weighted by molar-refractivity contribution is 5.58. The molecule has 2 nitrogen and oxygen atoms in total. The summed E-state index contributed by atoms with van der Waals surface area (Å²) in [4.78, 5) is 0. The topological polar surface area (TPSA) is 25.8 Å². The molecule has 1 aliphatic rings. The van der Waals surface area contributed by atoms with Gasteiger partial charge in [0.05, 0.1) is 11.4 Å². The number of hydrogen-bond donors (Lipinski definition) is 0. The van der Waals surface area contributed by atoms with Gasteiger partial charge in [-0.3, -0.25) is 0 Å². The quantitative estimate of drug-likeness (QED) is 0.330. The summed E-state index contributed by atoms with van der Waals surface area (Å²) < 4.78 is 0. The number of aromatic nitrogens is 2. The minimum Gasteiger partial charge on any atom is -0.155 e. The maximum Gasteiger partial charge on any atom is 0.0929 e. The van der Waals surface area contributed by atoms with Gasteiger partial charge in [0.25, 0.3) is 0 Å². The molecule has 0 spiro atoms. The summed E-state index contributed by atoms with van der Waals surface area (Å²) in [7, 11) is 0. The van der Waals surface area contributed by atoms with Crippen LogP contribution < -0.4 is 0 Å². The van der Waals surface area contributed by atoms with E-state index in [1.165, 1.54) is 107 Å². The first-order chi connectivity index (χ1) is 14.8. The second kappa shape index (κ2) is 12.9. The average Bonchev–Trinajstić information content (AvgIpc) is 2.80. The van der Waals surface area contributed by atoms with Crippen LogP contribution in [0.2, 0.25) is 0 Å². The summed E-state index contributed by atoms with van der Waals surface area (Å²) in [6.45, 7) is 4.55. The van der Waals surface area contributed by atoms with Crippen molar-refractivity contribution in [2.75, 3.05) is 0 Å². The van der Waals surface area contributed by atoms with Crippen molar-refractivity contribution >= 4 is 0 Å². The van der Waals surface area contributed by atoms with E-state index in [4.69, 9.17) is 0 Å². The molecule has 2 heteroatoms. The van der Waals surface area contributed by atoms with Crippen LogP contribution in [0.15, 0.2) is 36.4 Å². The summed E-state index contributed by atoms with van der Waals surface area (Å²) >= 11 is 0. The Morgan fingerprint density at radius 2 is 1.40 bits per heavy atom. The highest BCUT2D eigenvalue weighted by Crippen LogP contribution is 2.37. The van der Waals surface area contributed by atoms with Crippen LogP contribution >= 0.6 is 0 Å². The molecule has 0 saturated heterocycles. The number of nitrogens with zero attached hydrogens (tertiary/aromatic N) is 2. The van der Waals surface area contributed by atoms with E-state index in [9.17, 15) is 0 Å². The summed E-state index contributed by atoms with van der Waals surface area (Å²) in [6, 6.07) is 13.3. The van der Waals surface area contributed by atoms with Crippen LogP contribution in [0, 0.1) is 5.92 Å². The Hall–Kier alpha value is -1.70. The van der Waals surface area contributed by atoms with E-state index in [-0.39, 0.29) is 0 Å². The smallest absolute Gasteiger partial charge is 0.0929 e. The first kappa shape index (κ1) is 23.0. The first-order valence-electron chi connectivity index (χ1n) is 12.7. The fourth-order valence-electron chi connectivity index (χ4n) is 4.92.